The molecule has 9 fully saturated rings. The molecule has 12 aromatic heterocycles. The third-order valence-corrected chi connectivity index (χ3v) is 34.7. The number of ether oxygens (including phenoxy) is 1. The number of hydrogen-bond acceptors (Lipinski definition) is 31. The number of carbonyl (C=O) groups excluding carboxylic acids is 1. The highest BCUT2D eigenvalue weighted by Crippen LogP contribution is 2.56. The maximum Gasteiger partial charge on any atom is 0.204 e. The maximum atomic E-state index is 13.5. The molecule has 31 nitrogen and oxygen atoms in total. The van der Waals surface area contributed by atoms with Crippen molar-refractivity contribution in [1.29, 1.82) is 21.0 Å². The molecule has 150 heavy (non-hydrogen) atoms. The lowest BCUT2D eigenvalue weighted by atomic mass is 9.55. The van der Waals surface area contributed by atoms with Crippen LogP contribution in [0.5, 0.6) is 0 Å². The molecule has 0 unspecified atom stereocenters. The molecular formula is C110H108BrF4N25O6S4. The van der Waals surface area contributed by atoms with Gasteiger partial charge in [-0.05, 0) is 222 Å². The summed E-state index contributed by atoms with van der Waals surface area (Å²) in [5, 5.41) is 82.1. The Morgan fingerprint density at radius 2 is 0.720 bits per heavy atom. The number of nitrogens with one attached hydrogen (secondary N) is 2. The molecule has 768 valence electrons. The standard InChI is InChI=1S/C31H31FN6O2S.C26H25FN6S.C25H24FN7S.C20H15BrFN5S.C6H11N.C2H2O4/c1-3-24-28(36(2)30-34-27(26(15-33)41-30)19-4-6-22(32)7-5-19)25-12-23(8-10-38(25)35-24)37-17-31(18-37)13-21(14-31)29(39)20-9-11-40-16-20;1-3-20-24(21-13-19(9-12-33(21)30-20)32-15-26(16-32)10-4-11-26)31(2)25-29-23(22(14-28)34-25)17-5-7-18(27)8-6-17;1-3-19-23(20-10-18(8-9-33(20)30-19)32-14-25(15-32)12-28-13-25)31(2)24-29-22(21(11-27)34-24)16-4-6-17(26)7-5-16;1-3-15-19(16-10-13(21)8-9-27(16)25-15)26(2)20-24-18(17(11-23)28-20)12-4-6-14(22)7-5-12;1-2-6(3-1)4-7-5-6;3-5-1-2-6-4/h4-8,10,12,20-21H,3,9,11,13-14,16-18H2,1-2H3;5-9,12-13H,3-4,10-11,15-16H2,1-2H3;4-10,28H,3,12-15H2,1-2H3;4-10H,3H2,1-2H3;7H,1-5H2;3-4H/t20-;;;;;/m1...../s1. The van der Waals surface area contributed by atoms with Gasteiger partial charge in [-0.3, -0.25) is 14.6 Å². The van der Waals surface area contributed by atoms with Gasteiger partial charge in [0.05, 0.1) is 74.2 Å². The van der Waals surface area contributed by atoms with Crippen LogP contribution in [0.25, 0.3) is 67.1 Å². The molecule has 18 heterocycles. The molecule has 4 aromatic carbocycles. The van der Waals surface area contributed by atoms with Crippen molar-refractivity contribution in [2.75, 3.05) is 141 Å². The summed E-state index contributed by atoms with van der Waals surface area (Å²) in [5.41, 5.74) is 22.5. The van der Waals surface area contributed by atoms with Crippen LogP contribution in [0.3, 0.4) is 0 Å². The molecular weight excluding hydrogens is 2050 g/mol. The molecule has 1 atom stereocenters. The fourth-order valence-electron chi connectivity index (χ4n) is 21.6. The summed E-state index contributed by atoms with van der Waals surface area (Å²) >= 11 is 8.82. The zero-order valence-corrected chi connectivity index (χ0v) is 88.7. The van der Waals surface area contributed by atoms with E-state index in [1.807, 2.05) is 103 Å². The van der Waals surface area contributed by atoms with Gasteiger partial charge in [0.25, 0.3) is 0 Å². The second kappa shape index (κ2) is 43.3. The Hall–Kier alpha value is -14.5. The van der Waals surface area contributed by atoms with E-state index in [9.17, 15) is 43.4 Å². The molecule has 6 saturated heterocycles. The SMILES string of the molecule is C1CC2(C1)CNC2.CCc1nn2ccc(Br)cc2c1N(C)c1nc(-c2ccc(F)cc2)c(C#N)s1.CCc1nn2ccc(N3CC4(CC(C(=O)[C@@H]5CCOC5)C4)C3)cc2c1N(C)c1nc(-c2ccc(F)cc2)c(C#N)s1.CCc1nn2ccc(N3CC4(CCC4)C3)cc2c1N(C)c1nc(-c2ccc(F)cc2)c(C#N)s1.CCc1nn2ccc(N3CC4(CNC4)C3)cc2c1N(C)c1nc(-c2ccc(F)cc2)c(C#N)s1.OOC#COO. The Morgan fingerprint density at radius 3 is 0.973 bits per heavy atom. The number of benzene rings is 4. The van der Waals surface area contributed by atoms with Crippen LogP contribution < -0.4 is 44.9 Å². The number of thiazole rings is 4. The smallest absolute Gasteiger partial charge is 0.204 e. The average Bonchev–Trinajstić information content (AvgIpc) is 0.976. The topological polar surface area (TPSA) is 348 Å². The number of halogens is 5. The van der Waals surface area contributed by atoms with Crippen molar-refractivity contribution in [3.05, 3.63) is 240 Å². The third kappa shape index (κ3) is 20.4. The predicted octanol–water partition coefficient (Wildman–Crippen LogP) is 21.8. The number of rotatable bonds is 21. The highest BCUT2D eigenvalue weighted by Gasteiger charge is 2.56. The van der Waals surface area contributed by atoms with E-state index in [2.05, 4.69) is 145 Å². The number of carbonyl (C=O) groups is 1. The van der Waals surface area contributed by atoms with Gasteiger partial charge in [0.15, 0.2) is 20.5 Å². The lowest BCUT2D eigenvalue weighted by molar-refractivity contribution is -0.188. The van der Waals surface area contributed by atoms with E-state index < -0.39 is 0 Å². The number of fused-ring (bicyclic) bond motifs is 4. The van der Waals surface area contributed by atoms with Gasteiger partial charge in [-0.2, -0.15) is 52.0 Å². The highest BCUT2D eigenvalue weighted by molar-refractivity contribution is 9.10. The van der Waals surface area contributed by atoms with Crippen molar-refractivity contribution in [3.8, 4) is 81.5 Å². The second-order valence-corrected chi connectivity index (χ2v) is 44.6. The zero-order chi connectivity index (χ0) is 105. The van der Waals surface area contributed by atoms with Crippen molar-refractivity contribution in [2.24, 2.45) is 33.5 Å². The molecule has 0 bridgehead atoms. The third-order valence-electron chi connectivity index (χ3n) is 30.1. The van der Waals surface area contributed by atoms with Crippen LogP contribution >= 0.6 is 61.3 Å². The van der Waals surface area contributed by atoms with E-state index in [0.717, 1.165) is 192 Å². The van der Waals surface area contributed by atoms with Crippen LogP contribution in [0.2, 0.25) is 0 Å². The number of nitrogens with zero attached hydrogens (tertiary/aromatic N) is 23. The van der Waals surface area contributed by atoms with E-state index in [1.165, 1.54) is 169 Å². The van der Waals surface area contributed by atoms with Gasteiger partial charge in [0, 0.05) is 197 Å². The molecule has 3 aliphatic carbocycles. The normalized spacial score (nSPS) is 16.7. The number of anilines is 11. The van der Waals surface area contributed by atoms with Gasteiger partial charge in [0.2, 0.25) is 12.2 Å². The number of pyridine rings is 4. The van der Waals surface area contributed by atoms with Crippen LogP contribution in [-0.2, 0) is 45.0 Å². The number of aryl methyl sites for hydroxylation is 4. The molecule has 9 aliphatic rings. The molecule has 4 N–H and O–H groups in total. The summed E-state index contributed by atoms with van der Waals surface area (Å²) in [4.78, 5) is 55.4. The fraction of sp³-hybridized carbons (Fsp3) is 0.355. The van der Waals surface area contributed by atoms with E-state index in [1.54, 1.807) is 48.5 Å². The molecule has 0 radical (unpaired) electrons. The van der Waals surface area contributed by atoms with E-state index in [4.69, 9.17) is 50.5 Å². The Labute approximate surface area is 888 Å². The van der Waals surface area contributed by atoms with E-state index in [-0.39, 0.29) is 40.5 Å². The minimum Gasteiger partial charge on any atom is -0.381 e. The Bertz CT molecular complexity index is 7710. The Balaban J connectivity index is 0.000000117. The summed E-state index contributed by atoms with van der Waals surface area (Å²) in [6, 6.07) is 50.2. The predicted molar refractivity (Wildman–Crippen MR) is 579 cm³/mol. The first-order valence-electron chi connectivity index (χ1n) is 49.9. The molecule has 0 amide bonds. The summed E-state index contributed by atoms with van der Waals surface area (Å²) in [5.74, 6) is -0.552. The Kier molecular flexibility index (Phi) is 29.6. The molecule has 40 heteroatoms. The van der Waals surface area contributed by atoms with Gasteiger partial charge in [-0.1, -0.05) is 102 Å². The number of nitriles is 4. The quantitative estimate of drug-likeness (QED) is 0.0225. The number of hydrogen-bond donors (Lipinski definition) is 4. The molecule has 4 spiro atoms. The second-order valence-electron chi connectivity index (χ2n) is 39.8. The number of aromatic nitrogens is 12. The average molecular weight is 2160 g/mol. The van der Waals surface area contributed by atoms with Crippen LogP contribution in [0.15, 0.2) is 175 Å². The molecule has 16 aromatic rings. The number of ketones is 1. The molecule has 6 aliphatic heterocycles. The lowest BCUT2D eigenvalue weighted by Crippen LogP contribution is -2.71. The van der Waals surface area contributed by atoms with Crippen LogP contribution in [0, 0.1) is 114 Å². The summed E-state index contributed by atoms with van der Waals surface area (Å²) < 4.78 is 67.6. The van der Waals surface area contributed by atoms with E-state index in [0.29, 0.717) is 104 Å². The largest absolute Gasteiger partial charge is 0.381 e. The van der Waals surface area contributed by atoms with Gasteiger partial charge in [-0.25, -0.2) is 55.6 Å². The first kappa shape index (κ1) is 103. The van der Waals surface area contributed by atoms with E-state index >= 15 is 0 Å². The van der Waals surface area contributed by atoms with Crippen molar-refractivity contribution in [1.82, 2.24) is 69.0 Å². The molecule has 3 saturated carbocycles. The lowest BCUT2D eigenvalue weighted by Gasteiger charge is -2.59. The van der Waals surface area contributed by atoms with Gasteiger partial charge < -0.3 is 49.7 Å². The zero-order valence-electron chi connectivity index (χ0n) is 83.8. The first-order valence-corrected chi connectivity index (χ1v) is 54.0. The fourth-order valence-corrected chi connectivity index (χ4v) is 25.3. The number of Topliss-reactive ketones (excluding diaryl/α,β-unsaturated/α-hetero) is 1. The summed E-state index contributed by atoms with van der Waals surface area (Å²) in [7, 11) is 7.82. The van der Waals surface area contributed by atoms with Crippen molar-refractivity contribution in [2.45, 2.75) is 111 Å². The first-order chi connectivity index (χ1) is 72.7. The van der Waals surface area contributed by atoms with Gasteiger partial charge >= 0.3 is 0 Å². The van der Waals surface area contributed by atoms with Crippen molar-refractivity contribution >= 4 is 149 Å². The summed E-state index contributed by atoms with van der Waals surface area (Å²) in [6.07, 6.45) is 25.5. The van der Waals surface area contributed by atoms with Crippen LogP contribution in [0.4, 0.5) is 77.9 Å². The monoisotopic (exact) mass is 2160 g/mol. The maximum absolute atomic E-state index is 13.5. The minimum atomic E-state index is -0.326. The van der Waals surface area contributed by atoms with Crippen LogP contribution in [0.1, 0.15) is 128 Å². The Morgan fingerprint density at radius 1 is 0.427 bits per heavy atom. The van der Waals surface area contributed by atoms with Crippen LogP contribution in [-0.4, -0.2) is 182 Å². The summed E-state index contributed by atoms with van der Waals surface area (Å²) in [6.45, 7) is 20.9. The molecule has 25 rings (SSSR count). The van der Waals surface area contributed by atoms with Gasteiger partial charge in [0.1, 0.15) is 95.6 Å². The van der Waals surface area contributed by atoms with Crippen molar-refractivity contribution < 1.29 is 47.4 Å². The minimum absolute atomic E-state index is 0.106. The van der Waals surface area contributed by atoms with Gasteiger partial charge in [-0.15, -0.1) is 0 Å². The highest BCUT2D eigenvalue weighted by atomic mass is 79.9. The van der Waals surface area contributed by atoms with Crippen molar-refractivity contribution in [3.63, 3.8) is 0 Å².